The summed E-state index contributed by atoms with van der Waals surface area (Å²) in [7, 11) is 0. The Morgan fingerprint density at radius 3 is 2.62 bits per heavy atom. The topological polar surface area (TPSA) is 39.5 Å². The van der Waals surface area contributed by atoms with Crippen LogP contribution in [0.3, 0.4) is 0 Å². The molecule has 0 amide bonds. The van der Waals surface area contributed by atoms with Gasteiger partial charge in [0.05, 0.1) is 5.69 Å². The molecule has 6 heteroatoms. The van der Waals surface area contributed by atoms with E-state index in [2.05, 4.69) is 16.2 Å². The number of halogens is 2. The van der Waals surface area contributed by atoms with Crippen LogP contribution in [0.5, 0.6) is 5.75 Å². The van der Waals surface area contributed by atoms with Gasteiger partial charge in [0.2, 0.25) is 0 Å². The Morgan fingerprint density at radius 1 is 1.33 bits per heavy atom. The Labute approximate surface area is 122 Å². The fourth-order valence-electron chi connectivity index (χ4n) is 2.44. The zero-order valence-electron chi connectivity index (χ0n) is 11.6. The highest BCUT2D eigenvalue weighted by atomic mass is 19.3. The molecular formula is C15H17F2N3O. The van der Waals surface area contributed by atoms with E-state index >= 15 is 0 Å². The van der Waals surface area contributed by atoms with Crippen LogP contribution in [0.25, 0.3) is 0 Å². The van der Waals surface area contributed by atoms with E-state index in [1.807, 2.05) is 17.0 Å². The van der Waals surface area contributed by atoms with Crippen molar-refractivity contribution in [3.63, 3.8) is 0 Å². The predicted molar refractivity (Wildman–Crippen MR) is 76.6 cm³/mol. The van der Waals surface area contributed by atoms with Crippen LogP contribution in [0.15, 0.2) is 30.9 Å². The molecule has 0 aromatic heterocycles. The van der Waals surface area contributed by atoms with Gasteiger partial charge in [0.15, 0.2) is 0 Å². The highest BCUT2D eigenvalue weighted by molar-refractivity contribution is 5.65. The van der Waals surface area contributed by atoms with Crippen molar-refractivity contribution in [1.82, 2.24) is 4.90 Å². The molecule has 1 aromatic rings. The smallest absolute Gasteiger partial charge is 0.387 e. The van der Waals surface area contributed by atoms with Crippen molar-refractivity contribution in [3.05, 3.63) is 36.4 Å². The summed E-state index contributed by atoms with van der Waals surface area (Å²) in [5.41, 5.74) is 0.809. The molecule has 1 fully saturated rings. The van der Waals surface area contributed by atoms with Gasteiger partial charge in [0.1, 0.15) is 17.4 Å². The summed E-state index contributed by atoms with van der Waals surface area (Å²) in [6.07, 6.45) is 1.85. The van der Waals surface area contributed by atoms with Crippen LogP contribution in [0.4, 0.5) is 14.5 Å². The van der Waals surface area contributed by atoms with Crippen LogP contribution < -0.4 is 9.64 Å². The largest absolute Gasteiger partial charge is 0.433 e. The van der Waals surface area contributed by atoms with E-state index in [1.54, 1.807) is 12.1 Å². The molecule has 112 valence electrons. The van der Waals surface area contributed by atoms with E-state index in [1.165, 1.54) is 6.07 Å². The lowest BCUT2D eigenvalue weighted by molar-refractivity contribution is -0.0500. The van der Waals surface area contributed by atoms with E-state index in [9.17, 15) is 14.0 Å². The number of ether oxygens (including phenoxy) is 1. The number of benzene rings is 1. The molecular weight excluding hydrogens is 276 g/mol. The Kier molecular flexibility index (Phi) is 5.12. The van der Waals surface area contributed by atoms with Crippen LogP contribution >= 0.6 is 0 Å². The maximum Gasteiger partial charge on any atom is 0.387 e. The second-order valence-electron chi connectivity index (χ2n) is 4.72. The van der Waals surface area contributed by atoms with Gasteiger partial charge in [-0.25, -0.2) is 0 Å². The highest BCUT2D eigenvalue weighted by Gasteiger charge is 2.21. The molecule has 1 aliphatic rings. The number of hydrogen-bond acceptors (Lipinski definition) is 4. The lowest BCUT2D eigenvalue weighted by Crippen LogP contribution is -2.46. The van der Waals surface area contributed by atoms with E-state index in [0.29, 0.717) is 5.69 Å². The maximum atomic E-state index is 12.4. The molecule has 0 bridgehead atoms. The van der Waals surface area contributed by atoms with Gasteiger partial charge >= 0.3 is 6.61 Å². The standard InChI is InChI=1S/C15H17F2N3O/c1-2-6-19-7-9-20(10-8-19)13-4-3-5-14(12(13)11-18)21-15(16)17/h2-5,15H,1,6-10H2. The van der Waals surface area contributed by atoms with Gasteiger partial charge in [-0.1, -0.05) is 12.1 Å². The van der Waals surface area contributed by atoms with Crippen LogP contribution in [-0.2, 0) is 0 Å². The highest BCUT2D eigenvalue weighted by Crippen LogP contribution is 2.30. The SMILES string of the molecule is C=CCN1CCN(c2cccc(OC(F)F)c2C#N)CC1. The molecule has 1 aromatic carbocycles. The second kappa shape index (κ2) is 7.04. The van der Waals surface area contributed by atoms with Gasteiger partial charge in [-0.15, -0.1) is 6.58 Å². The first-order valence-electron chi connectivity index (χ1n) is 6.72. The molecule has 1 aliphatic heterocycles. The number of nitrogens with zero attached hydrogens (tertiary/aromatic N) is 3. The molecule has 0 atom stereocenters. The van der Waals surface area contributed by atoms with Gasteiger partial charge in [0, 0.05) is 32.7 Å². The van der Waals surface area contributed by atoms with Crippen molar-refractivity contribution in [2.24, 2.45) is 0 Å². The molecule has 0 N–H and O–H groups in total. The summed E-state index contributed by atoms with van der Waals surface area (Å²) < 4.78 is 29.2. The van der Waals surface area contributed by atoms with Crippen molar-refractivity contribution in [2.45, 2.75) is 6.61 Å². The van der Waals surface area contributed by atoms with Gasteiger partial charge < -0.3 is 9.64 Å². The van der Waals surface area contributed by atoms with E-state index in [-0.39, 0.29) is 11.3 Å². The maximum absolute atomic E-state index is 12.4. The molecule has 4 nitrogen and oxygen atoms in total. The average molecular weight is 293 g/mol. The third kappa shape index (κ3) is 3.70. The Morgan fingerprint density at radius 2 is 2.05 bits per heavy atom. The van der Waals surface area contributed by atoms with Crippen LogP contribution in [-0.4, -0.2) is 44.2 Å². The zero-order chi connectivity index (χ0) is 15.2. The molecule has 21 heavy (non-hydrogen) atoms. The van der Waals surface area contributed by atoms with Crippen LogP contribution in [0, 0.1) is 11.3 Å². The molecule has 0 aliphatic carbocycles. The van der Waals surface area contributed by atoms with Crippen LogP contribution in [0.2, 0.25) is 0 Å². The lowest BCUT2D eigenvalue weighted by Gasteiger charge is -2.36. The summed E-state index contributed by atoms with van der Waals surface area (Å²) in [4.78, 5) is 4.27. The number of anilines is 1. The van der Waals surface area contributed by atoms with E-state index < -0.39 is 6.61 Å². The van der Waals surface area contributed by atoms with E-state index in [4.69, 9.17) is 0 Å². The van der Waals surface area contributed by atoms with Gasteiger partial charge in [-0.05, 0) is 12.1 Å². The number of rotatable bonds is 5. The number of hydrogen-bond donors (Lipinski definition) is 0. The van der Waals surface area contributed by atoms with Crippen molar-refractivity contribution in [2.75, 3.05) is 37.6 Å². The third-order valence-corrected chi connectivity index (χ3v) is 3.43. The quantitative estimate of drug-likeness (QED) is 0.782. The summed E-state index contributed by atoms with van der Waals surface area (Å²) in [6.45, 7) is 4.77. The molecule has 2 rings (SSSR count). The number of alkyl halides is 2. The minimum Gasteiger partial charge on any atom is -0.433 e. The number of nitriles is 1. The second-order valence-corrected chi connectivity index (χ2v) is 4.72. The number of piperazine rings is 1. The molecule has 0 spiro atoms. The predicted octanol–water partition coefficient (Wildman–Crippen LogP) is 2.47. The first-order valence-corrected chi connectivity index (χ1v) is 6.72. The van der Waals surface area contributed by atoms with Gasteiger partial charge in [-0.3, -0.25) is 4.90 Å². The van der Waals surface area contributed by atoms with Crippen molar-refractivity contribution < 1.29 is 13.5 Å². The zero-order valence-corrected chi connectivity index (χ0v) is 11.6. The fourth-order valence-corrected chi connectivity index (χ4v) is 2.44. The average Bonchev–Trinajstić information content (AvgIpc) is 2.47. The summed E-state index contributed by atoms with van der Waals surface area (Å²) >= 11 is 0. The molecule has 0 unspecified atom stereocenters. The Hall–Kier alpha value is -2.13. The van der Waals surface area contributed by atoms with Crippen molar-refractivity contribution in [1.29, 1.82) is 5.26 Å². The Bertz CT molecular complexity index is 534. The molecule has 0 radical (unpaired) electrons. The summed E-state index contributed by atoms with van der Waals surface area (Å²) in [5.74, 6) is -0.0708. The first kappa shape index (κ1) is 15.3. The molecule has 0 saturated carbocycles. The normalized spacial score (nSPS) is 15.8. The van der Waals surface area contributed by atoms with E-state index in [0.717, 1.165) is 32.7 Å². The lowest BCUT2D eigenvalue weighted by atomic mass is 10.1. The Balaban J connectivity index is 2.17. The molecule has 1 heterocycles. The van der Waals surface area contributed by atoms with Crippen LogP contribution in [0.1, 0.15) is 5.56 Å². The van der Waals surface area contributed by atoms with Crippen molar-refractivity contribution in [3.8, 4) is 11.8 Å². The third-order valence-electron chi connectivity index (χ3n) is 3.43. The fraction of sp³-hybridized carbons (Fsp3) is 0.400. The summed E-state index contributed by atoms with van der Waals surface area (Å²) in [5, 5.41) is 9.25. The van der Waals surface area contributed by atoms with Crippen molar-refractivity contribution >= 4 is 5.69 Å². The first-order chi connectivity index (χ1) is 10.2. The minimum absolute atomic E-state index is 0.0708. The van der Waals surface area contributed by atoms with Gasteiger partial charge in [-0.2, -0.15) is 14.0 Å². The van der Waals surface area contributed by atoms with Gasteiger partial charge in [0.25, 0.3) is 0 Å². The molecule has 1 saturated heterocycles. The summed E-state index contributed by atoms with van der Waals surface area (Å²) in [6, 6.07) is 6.76. The monoisotopic (exact) mass is 293 g/mol. The minimum atomic E-state index is -2.93.